The summed E-state index contributed by atoms with van der Waals surface area (Å²) < 4.78 is 11.3. The van der Waals surface area contributed by atoms with E-state index in [1.165, 1.54) is 0 Å². The van der Waals surface area contributed by atoms with Gasteiger partial charge in [0, 0.05) is 23.9 Å². The van der Waals surface area contributed by atoms with Crippen molar-refractivity contribution < 1.29 is 9.47 Å². The maximum Gasteiger partial charge on any atom is 0.214 e. The van der Waals surface area contributed by atoms with Crippen LogP contribution in [0.1, 0.15) is 18.4 Å². The van der Waals surface area contributed by atoms with Crippen LogP contribution in [0.3, 0.4) is 0 Å². The summed E-state index contributed by atoms with van der Waals surface area (Å²) in [5.41, 5.74) is 1.97. The molecule has 0 radical (unpaired) electrons. The molecule has 0 saturated carbocycles. The van der Waals surface area contributed by atoms with Gasteiger partial charge in [-0.1, -0.05) is 18.2 Å². The summed E-state index contributed by atoms with van der Waals surface area (Å²) in [5.74, 6) is 1.09. The van der Waals surface area contributed by atoms with Crippen LogP contribution in [0.2, 0.25) is 0 Å². The normalized spacial score (nSPS) is 18.9. The molecule has 1 fully saturated rings. The molecule has 0 bridgehead atoms. The molecule has 0 aliphatic carbocycles. The van der Waals surface area contributed by atoms with E-state index in [1.807, 2.05) is 30.3 Å². The fourth-order valence-corrected chi connectivity index (χ4v) is 2.58. The average Bonchev–Trinajstić information content (AvgIpc) is 2.97. The first-order chi connectivity index (χ1) is 9.36. The Morgan fingerprint density at radius 2 is 2.26 bits per heavy atom. The van der Waals surface area contributed by atoms with Gasteiger partial charge in [0.2, 0.25) is 5.88 Å². The molecular formula is C15H16ClNO2. The van der Waals surface area contributed by atoms with Crippen molar-refractivity contribution >= 4 is 22.5 Å². The molecule has 0 amide bonds. The molecule has 1 unspecified atom stereocenters. The van der Waals surface area contributed by atoms with Crippen LogP contribution in [0, 0.1) is 0 Å². The second-order valence-electron chi connectivity index (χ2n) is 4.72. The van der Waals surface area contributed by atoms with Gasteiger partial charge < -0.3 is 9.47 Å². The second kappa shape index (κ2) is 5.76. The van der Waals surface area contributed by atoms with E-state index < -0.39 is 0 Å². The van der Waals surface area contributed by atoms with Crippen molar-refractivity contribution in [2.75, 3.05) is 13.2 Å². The SMILES string of the molecule is ClCc1cc(OCC2CCCO2)nc2ccccc12. The molecule has 1 aromatic carbocycles. The number of hydrogen-bond acceptors (Lipinski definition) is 3. The molecule has 3 nitrogen and oxygen atoms in total. The van der Waals surface area contributed by atoms with Gasteiger partial charge in [-0.2, -0.15) is 0 Å². The standard InChI is InChI=1S/C15H16ClNO2/c16-9-11-8-15(19-10-12-4-3-7-18-12)17-14-6-2-1-5-13(11)14/h1-2,5-6,8,12H,3-4,7,9-10H2. The number of benzene rings is 1. The Balaban J connectivity index is 1.82. The van der Waals surface area contributed by atoms with Crippen molar-refractivity contribution in [3.8, 4) is 5.88 Å². The molecule has 4 heteroatoms. The van der Waals surface area contributed by atoms with Gasteiger partial charge >= 0.3 is 0 Å². The summed E-state index contributed by atoms with van der Waals surface area (Å²) in [6.45, 7) is 1.40. The molecule has 19 heavy (non-hydrogen) atoms. The number of alkyl halides is 1. The summed E-state index contributed by atoms with van der Waals surface area (Å²) in [6, 6.07) is 9.89. The average molecular weight is 278 g/mol. The fourth-order valence-electron chi connectivity index (χ4n) is 2.36. The third-order valence-electron chi connectivity index (χ3n) is 3.36. The van der Waals surface area contributed by atoms with Crippen molar-refractivity contribution in [1.82, 2.24) is 4.98 Å². The highest BCUT2D eigenvalue weighted by Crippen LogP contribution is 2.24. The molecule has 1 atom stereocenters. The van der Waals surface area contributed by atoms with Crippen LogP contribution < -0.4 is 4.74 Å². The van der Waals surface area contributed by atoms with Gasteiger partial charge in [-0.25, -0.2) is 4.98 Å². The van der Waals surface area contributed by atoms with E-state index in [-0.39, 0.29) is 6.10 Å². The molecule has 100 valence electrons. The van der Waals surface area contributed by atoms with Gasteiger partial charge in [0.15, 0.2) is 0 Å². The zero-order chi connectivity index (χ0) is 13.1. The first-order valence-corrected chi connectivity index (χ1v) is 7.09. The zero-order valence-electron chi connectivity index (χ0n) is 10.6. The summed E-state index contributed by atoms with van der Waals surface area (Å²) >= 11 is 6.00. The van der Waals surface area contributed by atoms with E-state index in [0.717, 1.165) is 35.9 Å². The van der Waals surface area contributed by atoms with Crippen molar-refractivity contribution in [2.24, 2.45) is 0 Å². The van der Waals surface area contributed by atoms with Gasteiger partial charge in [0.25, 0.3) is 0 Å². The quantitative estimate of drug-likeness (QED) is 0.801. The van der Waals surface area contributed by atoms with Crippen molar-refractivity contribution in [1.29, 1.82) is 0 Å². The van der Waals surface area contributed by atoms with E-state index in [2.05, 4.69) is 4.98 Å². The van der Waals surface area contributed by atoms with Crippen LogP contribution in [0.4, 0.5) is 0 Å². The predicted molar refractivity (Wildman–Crippen MR) is 75.8 cm³/mol. The van der Waals surface area contributed by atoms with Crippen LogP contribution in [-0.2, 0) is 10.6 Å². The third kappa shape index (κ3) is 2.82. The fraction of sp³-hybridized carbons (Fsp3) is 0.400. The van der Waals surface area contributed by atoms with Crippen LogP contribution in [0.15, 0.2) is 30.3 Å². The topological polar surface area (TPSA) is 31.4 Å². The van der Waals surface area contributed by atoms with E-state index in [1.54, 1.807) is 0 Å². The third-order valence-corrected chi connectivity index (χ3v) is 3.65. The Labute approximate surface area is 117 Å². The van der Waals surface area contributed by atoms with E-state index in [4.69, 9.17) is 21.1 Å². The van der Waals surface area contributed by atoms with E-state index in [9.17, 15) is 0 Å². The first-order valence-electron chi connectivity index (χ1n) is 6.56. The lowest BCUT2D eigenvalue weighted by atomic mass is 10.1. The summed E-state index contributed by atoms with van der Waals surface area (Å²) in [7, 11) is 0. The van der Waals surface area contributed by atoms with Gasteiger partial charge in [-0.05, 0) is 24.5 Å². The largest absolute Gasteiger partial charge is 0.475 e. The van der Waals surface area contributed by atoms with Crippen molar-refractivity contribution in [3.63, 3.8) is 0 Å². The molecule has 3 rings (SSSR count). The lowest BCUT2D eigenvalue weighted by molar-refractivity contribution is 0.0664. The highest BCUT2D eigenvalue weighted by molar-refractivity contribution is 6.18. The predicted octanol–water partition coefficient (Wildman–Crippen LogP) is 3.53. The Morgan fingerprint density at radius 1 is 1.37 bits per heavy atom. The number of hydrogen-bond donors (Lipinski definition) is 0. The number of fused-ring (bicyclic) bond motifs is 1. The molecular weight excluding hydrogens is 262 g/mol. The molecule has 0 spiro atoms. The number of para-hydroxylation sites is 1. The molecule has 2 heterocycles. The van der Waals surface area contributed by atoms with Crippen molar-refractivity contribution in [2.45, 2.75) is 24.8 Å². The molecule has 1 saturated heterocycles. The molecule has 2 aromatic rings. The van der Waals surface area contributed by atoms with Crippen LogP contribution in [-0.4, -0.2) is 24.3 Å². The lowest BCUT2D eigenvalue weighted by Gasteiger charge is -2.12. The lowest BCUT2D eigenvalue weighted by Crippen LogP contribution is -2.16. The smallest absolute Gasteiger partial charge is 0.214 e. The van der Waals surface area contributed by atoms with E-state index >= 15 is 0 Å². The highest BCUT2D eigenvalue weighted by atomic mass is 35.5. The number of rotatable bonds is 4. The summed E-state index contributed by atoms with van der Waals surface area (Å²) in [6.07, 6.45) is 2.38. The Bertz CT molecular complexity index is 567. The first kappa shape index (κ1) is 12.7. The number of ether oxygens (including phenoxy) is 2. The number of aromatic nitrogens is 1. The highest BCUT2D eigenvalue weighted by Gasteiger charge is 2.16. The Hall–Kier alpha value is -1.32. The minimum atomic E-state index is 0.202. The summed E-state index contributed by atoms with van der Waals surface area (Å²) in [4.78, 5) is 4.51. The van der Waals surface area contributed by atoms with Gasteiger partial charge in [-0.3, -0.25) is 0 Å². The van der Waals surface area contributed by atoms with Crippen LogP contribution in [0.5, 0.6) is 5.88 Å². The Kier molecular flexibility index (Phi) is 3.85. The number of halogens is 1. The monoisotopic (exact) mass is 277 g/mol. The molecule has 1 aromatic heterocycles. The van der Waals surface area contributed by atoms with Crippen molar-refractivity contribution in [3.05, 3.63) is 35.9 Å². The zero-order valence-corrected chi connectivity index (χ0v) is 11.4. The van der Waals surface area contributed by atoms with Crippen LogP contribution >= 0.6 is 11.6 Å². The minimum absolute atomic E-state index is 0.202. The van der Waals surface area contributed by atoms with Crippen LogP contribution in [0.25, 0.3) is 10.9 Å². The second-order valence-corrected chi connectivity index (χ2v) is 4.98. The summed E-state index contributed by atoms with van der Waals surface area (Å²) in [5, 5.41) is 1.09. The number of nitrogens with zero attached hydrogens (tertiary/aromatic N) is 1. The van der Waals surface area contributed by atoms with Gasteiger partial charge in [0.1, 0.15) is 6.61 Å². The molecule has 1 aliphatic heterocycles. The van der Waals surface area contributed by atoms with Gasteiger partial charge in [-0.15, -0.1) is 11.6 Å². The molecule has 0 N–H and O–H groups in total. The minimum Gasteiger partial charge on any atom is -0.475 e. The molecule has 1 aliphatic rings. The Morgan fingerprint density at radius 3 is 3.05 bits per heavy atom. The van der Waals surface area contributed by atoms with Gasteiger partial charge in [0.05, 0.1) is 11.6 Å². The number of pyridine rings is 1. The maximum atomic E-state index is 6.00. The van der Waals surface area contributed by atoms with E-state index in [0.29, 0.717) is 18.4 Å². The maximum absolute atomic E-state index is 6.00.